The average molecular weight is 283 g/mol. The molecule has 1 aliphatic heterocycles. The van der Waals surface area contributed by atoms with E-state index in [1.54, 1.807) is 12.1 Å². The Bertz CT molecular complexity index is 443. The third-order valence-electron chi connectivity index (χ3n) is 2.97. The van der Waals surface area contributed by atoms with Crippen LogP contribution in [0.5, 0.6) is 0 Å². The van der Waals surface area contributed by atoms with Gasteiger partial charge in [-0.3, -0.25) is 9.69 Å². The normalized spacial score (nSPS) is 24.2. The number of halogens is 1. The van der Waals surface area contributed by atoms with Crippen LogP contribution in [-0.2, 0) is 9.53 Å². The summed E-state index contributed by atoms with van der Waals surface area (Å²) in [6, 6.07) is 7.16. The van der Waals surface area contributed by atoms with Crippen molar-refractivity contribution < 1.29 is 9.53 Å². The van der Waals surface area contributed by atoms with Crippen molar-refractivity contribution in [1.29, 1.82) is 0 Å². The summed E-state index contributed by atoms with van der Waals surface area (Å²) in [7, 11) is 0. The third kappa shape index (κ3) is 4.49. The van der Waals surface area contributed by atoms with Crippen molar-refractivity contribution >= 4 is 23.2 Å². The minimum absolute atomic E-state index is 0.0245. The molecule has 0 unspecified atom stereocenters. The molecule has 1 saturated heterocycles. The van der Waals surface area contributed by atoms with Crippen LogP contribution >= 0.6 is 11.6 Å². The predicted octanol–water partition coefficient (Wildman–Crippen LogP) is 2.39. The van der Waals surface area contributed by atoms with E-state index in [1.807, 2.05) is 26.0 Å². The number of carbonyl (C=O) groups excluding carboxylic acids is 1. The third-order valence-corrected chi connectivity index (χ3v) is 3.21. The minimum atomic E-state index is -0.0245. The Morgan fingerprint density at radius 2 is 2.11 bits per heavy atom. The molecule has 19 heavy (non-hydrogen) atoms. The Morgan fingerprint density at radius 3 is 2.74 bits per heavy atom. The van der Waals surface area contributed by atoms with Gasteiger partial charge in [0.25, 0.3) is 0 Å². The highest BCUT2D eigenvalue weighted by Crippen LogP contribution is 2.15. The molecule has 1 N–H and O–H groups in total. The van der Waals surface area contributed by atoms with Gasteiger partial charge in [0.15, 0.2) is 0 Å². The van der Waals surface area contributed by atoms with E-state index in [-0.39, 0.29) is 18.1 Å². The number of ether oxygens (including phenoxy) is 1. The lowest BCUT2D eigenvalue weighted by molar-refractivity contribution is -0.121. The molecule has 1 heterocycles. The molecule has 2 atom stereocenters. The minimum Gasteiger partial charge on any atom is -0.373 e. The summed E-state index contributed by atoms with van der Waals surface area (Å²) in [6.45, 7) is 6.00. The number of morpholine rings is 1. The molecule has 0 bridgehead atoms. The highest BCUT2D eigenvalue weighted by molar-refractivity contribution is 6.30. The SMILES string of the molecule is C[C@H]1CN(CC(=O)Nc2cccc(Cl)c2)C[C@H](C)O1. The lowest BCUT2D eigenvalue weighted by atomic mass is 10.2. The Hall–Kier alpha value is -1.10. The number of carbonyl (C=O) groups is 1. The second-order valence-electron chi connectivity index (χ2n) is 5.01. The zero-order valence-electron chi connectivity index (χ0n) is 11.2. The molecule has 1 fully saturated rings. The predicted molar refractivity (Wildman–Crippen MR) is 76.5 cm³/mol. The van der Waals surface area contributed by atoms with Crippen molar-refractivity contribution in [3.63, 3.8) is 0 Å². The topological polar surface area (TPSA) is 41.6 Å². The lowest BCUT2D eigenvalue weighted by Gasteiger charge is -2.34. The number of hydrogen-bond acceptors (Lipinski definition) is 3. The molecule has 104 valence electrons. The Kier molecular flexibility index (Phi) is 4.80. The molecule has 2 rings (SSSR count). The fourth-order valence-electron chi connectivity index (χ4n) is 2.38. The van der Waals surface area contributed by atoms with Gasteiger partial charge in [0.05, 0.1) is 18.8 Å². The van der Waals surface area contributed by atoms with Gasteiger partial charge in [0.1, 0.15) is 0 Å². The quantitative estimate of drug-likeness (QED) is 0.925. The molecular weight excluding hydrogens is 264 g/mol. The van der Waals surface area contributed by atoms with Gasteiger partial charge in [-0.1, -0.05) is 17.7 Å². The van der Waals surface area contributed by atoms with Gasteiger partial charge >= 0.3 is 0 Å². The summed E-state index contributed by atoms with van der Waals surface area (Å²) < 4.78 is 5.64. The Labute approximate surface area is 118 Å². The molecule has 1 amide bonds. The molecule has 0 aromatic heterocycles. The number of nitrogens with one attached hydrogen (secondary N) is 1. The first-order valence-electron chi connectivity index (χ1n) is 6.46. The fourth-order valence-corrected chi connectivity index (χ4v) is 2.57. The number of nitrogens with zero attached hydrogens (tertiary/aromatic N) is 1. The number of amides is 1. The van der Waals surface area contributed by atoms with Crippen LogP contribution in [0, 0.1) is 0 Å². The Balaban J connectivity index is 1.87. The summed E-state index contributed by atoms with van der Waals surface area (Å²) >= 11 is 5.88. The molecule has 4 nitrogen and oxygen atoms in total. The van der Waals surface area contributed by atoms with Gasteiger partial charge in [0.2, 0.25) is 5.91 Å². The van der Waals surface area contributed by atoms with E-state index in [4.69, 9.17) is 16.3 Å². The second-order valence-corrected chi connectivity index (χ2v) is 5.45. The summed E-state index contributed by atoms with van der Waals surface area (Å²) in [5, 5.41) is 3.47. The number of anilines is 1. The molecule has 0 spiro atoms. The second kappa shape index (κ2) is 6.37. The van der Waals surface area contributed by atoms with E-state index in [2.05, 4.69) is 10.2 Å². The molecule has 1 aliphatic rings. The van der Waals surface area contributed by atoms with E-state index in [0.29, 0.717) is 11.6 Å². The highest BCUT2D eigenvalue weighted by Gasteiger charge is 2.23. The average Bonchev–Trinajstić information content (AvgIpc) is 2.26. The van der Waals surface area contributed by atoms with E-state index < -0.39 is 0 Å². The van der Waals surface area contributed by atoms with Crippen LogP contribution in [-0.4, -0.2) is 42.6 Å². The van der Waals surface area contributed by atoms with Gasteiger partial charge in [-0.15, -0.1) is 0 Å². The molecule has 0 aliphatic carbocycles. The molecule has 0 saturated carbocycles. The smallest absolute Gasteiger partial charge is 0.238 e. The zero-order valence-corrected chi connectivity index (χ0v) is 12.0. The van der Waals surface area contributed by atoms with Gasteiger partial charge in [-0.05, 0) is 32.0 Å². The number of rotatable bonds is 3. The Morgan fingerprint density at radius 1 is 1.42 bits per heavy atom. The van der Waals surface area contributed by atoms with Crippen LogP contribution in [0.15, 0.2) is 24.3 Å². The summed E-state index contributed by atoms with van der Waals surface area (Å²) in [4.78, 5) is 14.1. The maximum absolute atomic E-state index is 12.0. The number of benzene rings is 1. The zero-order chi connectivity index (χ0) is 13.8. The van der Waals surface area contributed by atoms with Gasteiger partial charge in [0, 0.05) is 23.8 Å². The highest BCUT2D eigenvalue weighted by atomic mass is 35.5. The standard InChI is InChI=1S/C14H19ClN2O2/c1-10-7-17(8-11(2)19-10)9-14(18)16-13-5-3-4-12(15)6-13/h3-6,10-11H,7-9H2,1-2H3,(H,16,18)/t10-,11-/m0/s1. The van der Waals surface area contributed by atoms with Crippen LogP contribution in [0.2, 0.25) is 5.02 Å². The van der Waals surface area contributed by atoms with E-state index in [0.717, 1.165) is 18.8 Å². The summed E-state index contributed by atoms with van der Waals surface area (Å²) in [5.74, 6) is -0.0245. The van der Waals surface area contributed by atoms with Crippen LogP contribution in [0.4, 0.5) is 5.69 Å². The molecule has 1 aromatic carbocycles. The van der Waals surface area contributed by atoms with Crippen molar-refractivity contribution in [3.05, 3.63) is 29.3 Å². The summed E-state index contributed by atoms with van der Waals surface area (Å²) in [6.07, 6.45) is 0.338. The monoisotopic (exact) mass is 282 g/mol. The summed E-state index contributed by atoms with van der Waals surface area (Å²) in [5.41, 5.74) is 0.729. The molecular formula is C14H19ClN2O2. The van der Waals surface area contributed by atoms with Crippen molar-refractivity contribution in [1.82, 2.24) is 4.90 Å². The van der Waals surface area contributed by atoms with E-state index >= 15 is 0 Å². The molecule has 1 aromatic rings. The van der Waals surface area contributed by atoms with Crippen LogP contribution < -0.4 is 5.32 Å². The first kappa shape index (κ1) is 14.3. The first-order chi connectivity index (χ1) is 9.02. The van der Waals surface area contributed by atoms with E-state index in [1.165, 1.54) is 0 Å². The van der Waals surface area contributed by atoms with Crippen molar-refractivity contribution in [2.75, 3.05) is 25.0 Å². The van der Waals surface area contributed by atoms with Crippen molar-refractivity contribution in [2.45, 2.75) is 26.1 Å². The van der Waals surface area contributed by atoms with Crippen molar-refractivity contribution in [2.24, 2.45) is 0 Å². The van der Waals surface area contributed by atoms with Gasteiger partial charge in [-0.2, -0.15) is 0 Å². The van der Waals surface area contributed by atoms with Crippen LogP contribution in [0.25, 0.3) is 0 Å². The van der Waals surface area contributed by atoms with Crippen molar-refractivity contribution in [3.8, 4) is 0 Å². The maximum atomic E-state index is 12.0. The van der Waals surface area contributed by atoms with Gasteiger partial charge < -0.3 is 10.1 Å². The fraction of sp³-hybridized carbons (Fsp3) is 0.500. The van der Waals surface area contributed by atoms with E-state index in [9.17, 15) is 4.79 Å². The van der Waals surface area contributed by atoms with Gasteiger partial charge in [-0.25, -0.2) is 0 Å². The molecule has 5 heteroatoms. The lowest BCUT2D eigenvalue weighted by Crippen LogP contribution is -2.48. The van der Waals surface area contributed by atoms with Crippen LogP contribution in [0.1, 0.15) is 13.8 Å². The first-order valence-corrected chi connectivity index (χ1v) is 6.84. The maximum Gasteiger partial charge on any atom is 0.238 e. The number of hydrogen-bond donors (Lipinski definition) is 1. The van der Waals surface area contributed by atoms with Crippen LogP contribution in [0.3, 0.4) is 0 Å². The largest absolute Gasteiger partial charge is 0.373 e. The molecule has 0 radical (unpaired) electrons.